The molecule has 0 bridgehead atoms. The molecule has 1 aromatic carbocycles. The van der Waals surface area contributed by atoms with E-state index >= 15 is 0 Å². The van der Waals surface area contributed by atoms with E-state index in [1.54, 1.807) is 0 Å². The number of halogens is 1. The summed E-state index contributed by atoms with van der Waals surface area (Å²) in [5, 5.41) is 4.05. The number of ether oxygens (including phenoxy) is 1. The van der Waals surface area contributed by atoms with Crippen molar-refractivity contribution in [2.24, 2.45) is 0 Å². The minimum Gasteiger partial charge on any atom is -0.439 e. The van der Waals surface area contributed by atoms with Crippen LogP contribution in [0.25, 0.3) is 0 Å². The molecule has 20 heavy (non-hydrogen) atoms. The quantitative estimate of drug-likeness (QED) is 0.859. The third-order valence-corrected chi connectivity index (χ3v) is 3.00. The first-order valence-electron chi connectivity index (χ1n) is 6.53. The van der Waals surface area contributed by atoms with Crippen LogP contribution < -0.4 is 10.1 Å². The molecule has 2 aromatic rings. The fourth-order valence-corrected chi connectivity index (χ4v) is 1.84. The van der Waals surface area contributed by atoms with Gasteiger partial charge in [-0.1, -0.05) is 17.7 Å². The van der Waals surface area contributed by atoms with Crippen molar-refractivity contribution >= 4 is 17.4 Å². The van der Waals surface area contributed by atoms with E-state index in [2.05, 4.69) is 31.1 Å². The Balaban J connectivity index is 2.17. The van der Waals surface area contributed by atoms with Gasteiger partial charge in [-0.05, 0) is 57.5 Å². The first-order chi connectivity index (χ1) is 9.33. The van der Waals surface area contributed by atoms with Gasteiger partial charge in [-0.15, -0.1) is 0 Å². The van der Waals surface area contributed by atoms with Gasteiger partial charge in [0.25, 0.3) is 0 Å². The summed E-state index contributed by atoms with van der Waals surface area (Å²) in [6.45, 7) is 8.21. The molecule has 0 fully saturated rings. The molecule has 0 radical (unpaired) electrons. The van der Waals surface area contributed by atoms with Gasteiger partial charge in [0.05, 0.1) is 0 Å². The molecule has 0 saturated carbocycles. The molecule has 0 aliphatic carbocycles. The molecule has 0 saturated heterocycles. The van der Waals surface area contributed by atoms with Gasteiger partial charge in [0.15, 0.2) is 0 Å². The van der Waals surface area contributed by atoms with Gasteiger partial charge < -0.3 is 10.1 Å². The van der Waals surface area contributed by atoms with Gasteiger partial charge in [0, 0.05) is 16.6 Å². The zero-order valence-electron chi connectivity index (χ0n) is 12.2. The lowest BCUT2D eigenvalue weighted by Gasteiger charge is -2.21. The van der Waals surface area contributed by atoms with Gasteiger partial charge >= 0.3 is 0 Å². The van der Waals surface area contributed by atoms with Crippen LogP contribution in [0.5, 0.6) is 11.6 Å². The lowest BCUT2D eigenvalue weighted by Crippen LogP contribution is -2.26. The van der Waals surface area contributed by atoms with Crippen LogP contribution in [0.1, 0.15) is 26.3 Å². The monoisotopic (exact) mass is 290 g/mol. The van der Waals surface area contributed by atoms with Crippen molar-refractivity contribution in [2.75, 3.05) is 5.32 Å². The number of pyridine rings is 1. The molecule has 0 amide bonds. The average molecular weight is 291 g/mol. The normalized spacial score (nSPS) is 11.2. The SMILES string of the molecule is Cc1cc(Oc2cccc(NC(C)(C)C)n2)ccc1Cl. The maximum absolute atomic E-state index is 6.00. The minimum absolute atomic E-state index is 0.0392. The minimum atomic E-state index is -0.0392. The Kier molecular flexibility index (Phi) is 4.19. The summed E-state index contributed by atoms with van der Waals surface area (Å²) in [4.78, 5) is 4.44. The molecule has 0 unspecified atom stereocenters. The molecule has 0 aliphatic heterocycles. The molecule has 4 heteroatoms. The third kappa shape index (κ3) is 4.14. The standard InChI is InChI=1S/C16H19ClN2O/c1-11-10-12(8-9-13(11)17)20-15-7-5-6-14(18-15)19-16(2,3)4/h5-10H,1-4H3,(H,18,19). The Labute approximate surface area is 124 Å². The second kappa shape index (κ2) is 5.71. The van der Waals surface area contributed by atoms with Gasteiger partial charge in [-0.3, -0.25) is 0 Å². The largest absolute Gasteiger partial charge is 0.439 e. The van der Waals surface area contributed by atoms with Gasteiger partial charge in [-0.25, -0.2) is 0 Å². The van der Waals surface area contributed by atoms with Crippen LogP contribution in [0.2, 0.25) is 5.02 Å². The lowest BCUT2D eigenvalue weighted by molar-refractivity contribution is 0.462. The van der Waals surface area contributed by atoms with Crippen LogP contribution >= 0.6 is 11.6 Å². The predicted octanol–water partition coefficient (Wildman–Crippen LogP) is 5.05. The molecule has 0 atom stereocenters. The van der Waals surface area contributed by atoms with Gasteiger partial charge in [0.2, 0.25) is 5.88 Å². The summed E-state index contributed by atoms with van der Waals surface area (Å²) in [7, 11) is 0. The molecule has 106 valence electrons. The summed E-state index contributed by atoms with van der Waals surface area (Å²) in [6, 6.07) is 11.2. The van der Waals surface area contributed by atoms with Crippen molar-refractivity contribution in [2.45, 2.75) is 33.2 Å². The number of aryl methyl sites for hydroxylation is 1. The Bertz CT molecular complexity index is 606. The summed E-state index contributed by atoms with van der Waals surface area (Å²) >= 11 is 6.00. The van der Waals surface area contributed by atoms with E-state index in [-0.39, 0.29) is 5.54 Å². The Morgan fingerprint density at radius 3 is 2.55 bits per heavy atom. The molecule has 0 aliphatic rings. The van der Waals surface area contributed by atoms with Crippen molar-refractivity contribution in [3.63, 3.8) is 0 Å². The van der Waals surface area contributed by atoms with Crippen LogP contribution in [0.4, 0.5) is 5.82 Å². The number of hydrogen-bond donors (Lipinski definition) is 1. The molecule has 2 rings (SSSR count). The van der Waals surface area contributed by atoms with E-state index in [4.69, 9.17) is 16.3 Å². The zero-order chi connectivity index (χ0) is 14.8. The summed E-state index contributed by atoms with van der Waals surface area (Å²) in [5.74, 6) is 2.08. The second-order valence-corrected chi connectivity index (χ2v) is 6.16. The fourth-order valence-electron chi connectivity index (χ4n) is 1.73. The lowest BCUT2D eigenvalue weighted by atomic mass is 10.1. The van der Waals surface area contributed by atoms with Crippen LogP contribution in [0.15, 0.2) is 36.4 Å². The van der Waals surface area contributed by atoms with E-state index < -0.39 is 0 Å². The Morgan fingerprint density at radius 2 is 1.90 bits per heavy atom. The highest BCUT2D eigenvalue weighted by molar-refractivity contribution is 6.31. The molecule has 1 heterocycles. The highest BCUT2D eigenvalue weighted by Gasteiger charge is 2.10. The molecular formula is C16H19ClN2O. The highest BCUT2D eigenvalue weighted by Crippen LogP contribution is 2.25. The molecule has 0 spiro atoms. The first-order valence-corrected chi connectivity index (χ1v) is 6.90. The van der Waals surface area contributed by atoms with Crippen molar-refractivity contribution < 1.29 is 4.74 Å². The summed E-state index contributed by atoms with van der Waals surface area (Å²) in [6.07, 6.45) is 0. The first kappa shape index (κ1) is 14.7. The zero-order valence-corrected chi connectivity index (χ0v) is 13.0. The number of nitrogens with one attached hydrogen (secondary N) is 1. The van der Waals surface area contributed by atoms with E-state index in [1.807, 2.05) is 43.3 Å². The Hall–Kier alpha value is -1.74. The fraction of sp³-hybridized carbons (Fsp3) is 0.312. The van der Waals surface area contributed by atoms with Crippen LogP contribution in [0, 0.1) is 6.92 Å². The van der Waals surface area contributed by atoms with E-state index in [0.717, 1.165) is 22.2 Å². The summed E-state index contributed by atoms with van der Waals surface area (Å²) in [5.41, 5.74) is 0.941. The van der Waals surface area contributed by atoms with Crippen molar-refractivity contribution in [1.82, 2.24) is 4.98 Å². The Morgan fingerprint density at radius 1 is 1.15 bits per heavy atom. The van der Waals surface area contributed by atoms with E-state index in [9.17, 15) is 0 Å². The van der Waals surface area contributed by atoms with Crippen LogP contribution in [-0.4, -0.2) is 10.5 Å². The number of rotatable bonds is 3. The number of hydrogen-bond acceptors (Lipinski definition) is 3. The maximum Gasteiger partial charge on any atom is 0.221 e. The third-order valence-electron chi connectivity index (χ3n) is 2.58. The van der Waals surface area contributed by atoms with Crippen molar-refractivity contribution in [3.05, 3.63) is 47.0 Å². The number of nitrogens with zero attached hydrogens (tertiary/aromatic N) is 1. The predicted molar refractivity (Wildman–Crippen MR) is 83.9 cm³/mol. The molecular weight excluding hydrogens is 272 g/mol. The van der Waals surface area contributed by atoms with Crippen molar-refractivity contribution in [1.29, 1.82) is 0 Å². The number of anilines is 1. The van der Waals surface area contributed by atoms with E-state index in [0.29, 0.717) is 5.88 Å². The number of benzene rings is 1. The highest BCUT2D eigenvalue weighted by atomic mass is 35.5. The van der Waals surface area contributed by atoms with Gasteiger partial charge in [-0.2, -0.15) is 4.98 Å². The maximum atomic E-state index is 6.00. The van der Waals surface area contributed by atoms with Crippen LogP contribution in [0.3, 0.4) is 0 Å². The number of aromatic nitrogens is 1. The summed E-state index contributed by atoms with van der Waals surface area (Å²) < 4.78 is 5.76. The van der Waals surface area contributed by atoms with Crippen molar-refractivity contribution in [3.8, 4) is 11.6 Å². The molecule has 3 nitrogen and oxygen atoms in total. The van der Waals surface area contributed by atoms with E-state index in [1.165, 1.54) is 0 Å². The van der Waals surface area contributed by atoms with Crippen LogP contribution in [-0.2, 0) is 0 Å². The molecule has 1 N–H and O–H groups in total. The van der Waals surface area contributed by atoms with Gasteiger partial charge in [0.1, 0.15) is 11.6 Å². The average Bonchev–Trinajstić information content (AvgIpc) is 2.32. The topological polar surface area (TPSA) is 34.1 Å². The molecule has 1 aromatic heterocycles. The second-order valence-electron chi connectivity index (χ2n) is 5.75. The smallest absolute Gasteiger partial charge is 0.221 e.